The fourth-order valence-corrected chi connectivity index (χ4v) is 4.95. The number of nitrogens with zero attached hydrogens (tertiary/aromatic N) is 1. The third-order valence-electron chi connectivity index (χ3n) is 5.83. The first-order valence-corrected chi connectivity index (χ1v) is 11.0. The Morgan fingerprint density at radius 1 is 1.06 bits per heavy atom. The minimum Gasteiger partial charge on any atom is -0.448 e. The SMILES string of the molecule is O=C(NCC1(c2ccc(F)cc2)CCOCC1)c1ccc(-c2nc3ccccc3s2)o1. The molecule has 0 aliphatic carbocycles. The van der Waals surface area contributed by atoms with Gasteiger partial charge in [0.25, 0.3) is 5.91 Å². The minimum atomic E-state index is -0.288. The number of nitrogens with one attached hydrogen (secondary N) is 1. The number of thiazole rings is 1. The van der Waals surface area contributed by atoms with Crippen molar-refractivity contribution < 1.29 is 18.3 Å². The molecule has 1 aliphatic heterocycles. The Labute approximate surface area is 182 Å². The molecule has 0 saturated carbocycles. The third kappa shape index (κ3) is 3.98. The van der Waals surface area contributed by atoms with E-state index in [2.05, 4.69) is 10.3 Å². The summed E-state index contributed by atoms with van der Waals surface area (Å²) in [6.45, 7) is 1.64. The number of para-hydroxylation sites is 1. The standard InChI is InChI=1S/C24H21FN2O3S/c25-17-7-5-16(6-8-17)24(11-13-29-14-12-24)15-26-22(28)19-9-10-20(30-19)23-27-18-3-1-2-4-21(18)31-23/h1-10H,11-15H2,(H,26,28). The average Bonchev–Trinajstić information content (AvgIpc) is 3.46. The van der Waals surface area contributed by atoms with Crippen molar-refractivity contribution >= 4 is 27.5 Å². The van der Waals surface area contributed by atoms with Crippen LogP contribution in [-0.4, -0.2) is 30.6 Å². The molecule has 0 bridgehead atoms. The van der Waals surface area contributed by atoms with E-state index in [-0.39, 0.29) is 22.9 Å². The van der Waals surface area contributed by atoms with Gasteiger partial charge in [0.15, 0.2) is 16.5 Å². The molecule has 4 aromatic rings. The van der Waals surface area contributed by atoms with Gasteiger partial charge in [0, 0.05) is 25.2 Å². The molecular weight excluding hydrogens is 415 g/mol. The van der Waals surface area contributed by atoms with Gasteiger partial charge in [0.05, 0.1) is 10.2 Å². The molecule has 31 heavy (non-hydrogen) atoms. The van der Waals surface area contributed by atoms with Gasteiger partial charge in [0.2, 0.25) is 0 Å². The number of carbonyl (C=O) groups is 1. The second-order valence-electron chi connectivity index (χ2n) is 7.73. The zero-order valence-corrected chi connectivity index (χ0v) is 17.6. The van der Waals surface area contributed by atoms with Gasteiger partial charge in [-0.1, -0.05) is 24.3 Å². The molecule has 2 aromatic heterocycles. The van der Waals surface area contributed by atoms with Crippen LogP contribution in [0, 0.1) is 5.82 Å². The summed E-state index contributed by atoms with van der Waals surface area (Å²) in [5.41, 5.74) is 1.63. The number of ether oxygens (including phenoxy) is 1. The van der Waals surface area contributed by atoms with E-state index in [0.29, 0.717) is 25.5 Å². The molecule has 158 valence electrons. The van der Waals surface area contributed by atoms with Crippen LogP contribution in [-0.2, 0) is 10.2 Å². The first-order chi connectivity index (χ1) is 15.1. The number of benzene rings is 2. The van der Waals surface area contributed by atoms with Gasteiger partial charge < -0.3 is 14.5 Å². The maximum atomic E-state index is 13.4. The molecule has 1 N–H and O–H groups in total. The number of carbonyl (C=O) groups excluding carboxylic acids is 1. The number of halogens is 1. The summed E-state index contributed by atoms with van der Waals surface area (Å²) in [5, 5.41) is 3.76. The van der Waals surface area contributed by atoms with E-state index < -0.39 is 0 Å². The number of rotatable bonds is 5. The minimum absolute atomic E-state index is 0.246. The number of hydrogen-bond acceptors (Lipinski definition) is 5. The van der Waals surface area contributed by atoms with E-state index >= 15 is 0 Å². The van der Waals surface area contributed by atoms with Crippen LogP contribution in [0.5, 0.6) is 0 Å². The maximum absolute atomic E-state index is 13.4. The van der Waals surface area contributed by atoms with E-state index in [0.717, 1.165) is 33.6 Å². The van der Waals surface area contributed by atoms with E-state index in [1.165, 1.54) is 23.5 Å². The van der Waals surface area contributed by atoms with Crippen LogP contribution in [0.4, 0.5) is 4.39 Å². The van der Waals surface area contributed by atoms with E-state index in [9.17, 15) is 9.18 Å². The smallest absolute Gasteiger partial charge is 0.287 e. The van der Waals surface area contributed by atoms with Crippen LogP contribution in [0.2, 0.25) is 0 Å². The molecule has 7 heteroatoms. The second-order valence-corrected chi connectivity index (χ2v) is 8.76. The second kappa shape index (κ2) is 8.24. The van der Waals surface area contributed by atoms with Crippen molar-refractivity contribution in [3.8, 4) is 10.8 Å². The molecule has 1 fully saturated rings. The number of amides is 1. The molecule has 0 atom stereocenters. The largest absolute Gasteiger partial charge is 0.448 e. The zero-order chi connectivity index (χ0) is 21.3. The van der Waals surface area contributed by atoms with Gasteiger partial charge in [-0.15, -0.1) is 11.3 Å². The Morgan fingerprint density at radius 2 is 1.84 bits per heavy atom. The van der Waals surface area contributed by atoms with Gasteiger partial charge in [-0.3, -0.25) is 4.79 Å². The molecule has 1 amide bonds. The van der Waals surface area contributed by atoms with Crippen LogP contribution in [0.25, 0.3) is 21.0 Å². The summed E-state index contributed by atoms with van der Waals surface area (Å²) in [4.78, 5) is 17.4. The van der Waals surface area contributed by atoms with Gasteiger partial charge >= 0.3 is 0 Å². The highest BCUT2D eigenvalue weighted by atomic mass is 32.1. The van der Waals surface area contributed by atoms with Crippen molar-refractivity contribution in [2.45, 2.75) is 18.3 Å². The molecule has 0 radical (unpaired) electrons. The summed E-state index contributed by atoms with van der Waals surface area (Å²) in [6.07, 6.45) is 1.52. The Kier molecular flexibility index (Phi) is 5.29. The van der Waals surface area contributed by atoms with Crippen LogP contribution in [0.15, 0.2) is 65.1 Å². The van der Waals surface area contributed by atoms with Crippen LogP contribution in [0.1, 0.15) is 29.0 Å². The maximum Gasteiger partial charge on any atom is 0.287 e. The topological polar surface area (TPSA) is 64.4 Å². The van der Waals surface area contributed by atoms with Crippen LogP contribution >= 0.6 is 11.3 Å². The highest BCUT2D eigenvalue weighted by Gasteiger charge is 2.35. The first-order valence-electron chi connectivity index (χ1n) is 10.2. The van der Waals surface area contributed by atoms with Crippen LogP contribution < -0.4 is 5.32 Å². The molecule has 1 aliphatic rings. The summed E-state index contributed by atoms with van der Waals surface area (Å²) < 4.78 is 25.8. The lowest BCUT2D eigenvalue weighted by Gasteiger charge is -2.37. The number of aromatic nitrogens is 1. The van der Waals surface area contributed by atoms with Gasteiger partial charge in [-0.25, -0.2) is 9.37 Å². The van der Waals surface area contributed by atoms with Crippen molar-refractivity contribution in [1.82, 2.24) is 10.3 Å². The molecule has 3 heterocycles. The van der Waals surface area contributed by atoms with Crippen molar-refractivity contribution in [3.63, 3.8) is 0 Å². The predicted octanol–water partition coefficient (Wildman–Crippen LogP) is 5.17. The molecule has 5 nitrogen and oxygen atoms in total. The lowest BCUT2D eigenvalue weighted by molar-refractivity contribution is 0.0484. The monoisotopic (exact) mass is 436 g/mol. The summed E-state index contributed by atoms with van der Waals surface area (Å²) in [7, 11) is 0. The highest BCUT2D eigenvalue weighted by Crippen LogP contribution is 2.35. The van der Waals surface area contributed by atoms with Crippen molar-refractivity contribution in [2.75, 3.05) is 19.8 Å². The first kappa shape index (κ1) is 19.9. The fraction of sp³-hybridized carbons (Fsp3) is 0.250. The molecule has 0 spiro atoms. The average molecular weight is 437 g/mol. The molecule has 2 aromatic carbocycles. The Morgan fingerprint density at radius 3 is 2.61 bits per heavy atom. The summed E-state index contributed by atoms with van der Waals surface area (Å²) >= 11 is 1.53. The summed E-state index contributed by atoms with van der Waals surface area (Å²) in [5.74, 6) is 0.273. The van der Waals surface area contributed by atoms with Crippen LogP contribution in [0.3, 0.4) is 0 Å². The molecule has 1 saturated heterocycles. The van der Waals surface area contributed by atoms with Gasteiger partial charge in [0.1, 0.15) is 5.82 Å². The fourth-order valence-electron chi connectivity index (χ4n) is 4.02. The number of fused-ring (bicyclic) bond motifs is 1. The quantitative estimate of drug-likeness (QED) is 0.469. The lowest BCUT2D eigenvalue weighted by Crippen LogP contribution is -2.44. The predicted molar refractivity (Wildman–Crippen MR) is 118 cm³/mol. The molecular formula is C24H21FN2O3S. The highest BCUT2D eigenvalue weighted by molar-refractivity contribution is 7.21. The third-order valence-corrected chi connectivity index (χ3v) is 6.88. The number of hydrogen-bond donors (Lipinski definition) is 1. The number of furan rings is 1. The van der Waals surface area contributed by atoms with E-state index in [4.69, 9.17) is 9.15 Å². The normalized spacial score (nSPS) is 15.8. The molecule has 5 rings (SSSR count). The Bertz CT molecular complexity index is 1180. The zero-order valence-electron chi connectivity index (χ0n) is 16.8. The van der Waals surface area contributed by atoms with Crippen molar-refractivity contribution in [2.24, 2.45) is 0 Å². The van der Waals surface area contributed by atoms with Crippen molar-refractivity contribution in [3.05, 3.63) is 77.8 Å². The Hall–Kier alpha value is -3.03. The van der Waals surface area contributed by atoms with E-state index in [1.54, 1.807) is 24.3 Å². The van der Waals surface area contributed by atoms with Crippen molar-refractivity contribution in [1.29, 1.82) is 0 Å². The van der Waals surface area contributed by atoms with E-state index in [1.807, 2.05) is 24.3 Å². The Balaban J connectivity index is 1.33. The van der Waals surface area contributed by atoms with Gasteiger partial charge in [-0.2, -0.15) is 0 Å². The van der Waals surface area contributed by atoms with Gasteiger partial charge in [-0.05, 0) is 54.8 Å². The lowest BCUT2D eigenvalue weighted by atomic mass is 9.74. The summed E-state index contributed by atoms with van der Waals surface area (Å²) in [6, 6.07) is 17.8. The molecule has 0 unspecified atom stereocenters.